The molecule has 8 nitrogen and oxygen atoms in total. The first-order valence-electron chi connectivity index (χ1n) is 6.24. The molecule has 0 bridgehead atoms. The molecule has 0 aromatic heterocycles. The topological polar surface area (TPSA) is 120 Å². The van der Waals surface area contributed by atoms with Crippen LogP contribution in [0.15, 0.2) is 0 Å². The van der Waals surface area contributed by atoms with Gasteiger partial charge in [-0.25, -0.2) is 0 Å². The number of carbonyl (C=O) groups is 1. The van der Waals surface area contributed by atoms with Crippen molar-refractivity contribution in [3.05, 3.63) is 0 Å². The van der Waals surface area contributed by atoms with Crippen LogP contribution in [0.3, 0.4) is 0 Å². The minimum atomic E-state index is -1.28. The number of hydrogen-bond donors (Lipinski definition) is 5. The van der Waals surface area contributed by atoms with Gasteiger partial charge in [-0.05, 0) is 20.0 Å². The highest BCUT2D eigenvalue weighted by Crippen LogP contribution is 2.21. The number of rotatable bonds is 8. The van der Waals surface area contributed by atoms with Crippen molar-refractivity contribution >= 4 is 6.41 Å². The number of aliphatic hydroxyl groups is 3. The van der Waals surface area contributed by atoms with Crippen LogP contribution in [-0.2, 0) is 14.3 Å². The molecule has 1 aliphatic heterocycles. The van der Waals surface area contributed by atoms with Crippen molar-refractivity contribution in [2.75, 3.05) is 26.8 Å². The summed E-state index contributed by atoms with van der Waals surface area (Å²) in [5.41, 5.74) is 0. The fraction of sp³-hybridized carbons (Fsp3) is 0.909. The fourth-order valence-electron chi connectivity index (χ4n) is 1.93. The highest BCUT2D eigenvalue weighted by atomic mass is 16.7. The van der Waals surface area contributed by atoms with Crippen LogP contribution in [0.5, 0.6) is 0 Å². The quantitative estimate of drug-likeness (QED) is 0.240. The van der Waals surface area contributed by atoms with E-state index in [0.717, 1.165) is 13.0 Å². The molecule has 1 aliphatic rings. The molecular formula is C11H22N2O6. The van der Waals surface area contributed by atoms with Crippen LogP contribution in [0.25, 0.3) is 0 Å². The van der Waals surface area contributed by atoms with Crippen LogP contribution >= 0.6 is 0 Å². The van der Waals surface area contributed by atoms with Gasteiger partial charge in [-0.15, -0.1) is 0 Å². The van der Waals surface area contributed by atoms with E-state index in [0.29, 0.717) is 13.0 Å². The van der Waals surface area contributed by atoms with E-state index in [2.05, 4.69) is 10.6 Å². The molecule has 1 amide bonds. The number of nitrogens with one attached hydrogen (secondary N) is 2. The van der Waals surface area contributed by atoms with Crippen molar-refractivity contribution in [1.29, 1.82) is 0 Å². The maximum Gasteiger partial charge on any atom is 0.207 e. The predicted octanol–water partition coefficient (Wildman–Crippen LogP) is -2.83. The molecule has 1 fully saturated rings. The summed E-state index contributed by atoms with van der Waals surface area (Å²) >= 11 is 0. The summed E-state index contributed by atoms with van der Waals surface area (Å²) in [6.07, 6.45) is -3.24. The Morgan fingerprint density at radius 2 is 2.11 bits per heavy atom. The van der Waals surface area contributed by atoms with E-state index in [4.69, 9.17) is 14.6 Å². The van der Waals surface area contributed by atoms with E-state index in [1.54, 1.807) is 0 Å². The second-order valence-electron chi connectivity index (χ2n) is 4.34. The van der Waals surface area contributed by atoms with Gasteiger partial charge in [0.15, 0.2) is 6.29 Å². The standard InChI is InChI=1S/C11H22N2O6/c1-12-3-2-4-18-11-8(13-6-15)10(17)9(16)7(5-14)19-11/h6-12,14,16-17H,2-5H2,1H3,(H,13,15). The maximum atomic E-state index is 10.5. The number of hydrogen-bond acceptors (Lipinski definition) is 7. The molecule has 19 heavy (non-hydrogen) atoms. The van der Waals surface area contributed by atoms with Crippen molar-refractivity contribution in [2.24, 2.45) is 0 Å². The van der Waals surface area contributed by atoms with Gasteiger partial charge in [0.05, 0.1) is 13.2 Å². The summed E-state index contributed by atoms with van der Waals surface area (Å²) in [5, 5.41) is 34.0. The maximum absolute atomic E-state index is 10.5. The Balaban J connectivity index is 2.59. The largest absolute Gasteiger partial charge is 0.394 e. The van der Waals surface area contributed by atoms with Gasteiger partial charge in [0.25, 0.3) is 0 Å². The van der Waals surface area contributed by atoms with Crippen LogP contribution in [0.4, 0.5) is 0 Å². The molecule has 8 heteroatoms. The lowest BCUT2D eigenvalue weighted by molar-refractivity contribution is -0.269. The van der Waals surface area contributed by atoms with Crippen molar-refractivity contribution < 1.29 is 29.6 Å². The zero-order valence-corrected chi connectivity index (χ0v) is 10.9. The lowest BCUT2D eigenvalue weighted by atomic mass is 9.97. The third-order valence-corrected chi connectivity index (χ3v) is 2.99. The molecule has 1 rings (SSSR count). The molecule has 0 aliphatic carbocycles. The van der Waals surface area contributed by atoms with E-state index < -0.39 is 37.3 Å². The summed E-state index contributed by atoms with van der Waals surface area (Å²) in [7, 11) is 1.82. The zero-order valence-electron chi connectivity index (χ0n) is 10.9. The summed E-state index contributed by atoms with van der Waals surface area (Å²) in [4.78, 5) is 10.5. The van der Waals surface area contributed by atoms with Gasteiger partial charge in [-0.3, -0.25) is 4.79 Å². The Morgan fingerprint density at radius 1 is 1.37 bits per heavy atom. The summed E-state index contributed by atoms with van der Waals surface area (Å²) < 4.78 is 10.8. The first kappa shape index (κ1) is 16.3. The monoisotopic (exact) mass is 278 g/mol. The highest BCUT2D eigenvalue weighted by molar-refractivity contribution is 5.47. The van der Waals surface area contributed by atoms with Gasteiger partial charge in [0, 0.05) is 0 Å². The van der Waals surface area contributed by atoms with Gasteiger partial charge in [-0.1, -0.05) is 0 Å². The summed E-state index contributed by atoms with van der Waals surface area (Å²) in [6, 6.07) is -0.870. The van der Waals surface area contributed by atoms with Crippen molar-refractivity contribution in [3.8, 4) is 0 Å². The fourth-order valence-corrected chi connectivity index (χ4v) is 1.93. The molecular weight excluding hydrogens is 256 g/mol. The van der Waals surface area contributed by atoms with Crippen LogP contribution in [-0.4, -0.2) is 79.2 Å². The van der Waals surface area contributed by atoms with Crippen molar-refractivity contribution in [3.63, 3.8) is 0 Å². The molecule has 1 saturated heterocycles. The van der Waals surface area contributed by atoms with E-state index in [1.165, 1.54) is 0 Å². The molecule has 5 unspecified atom stereocenters. The Hall–Kier alpha value is -0.770. The van der Waals surface area contributed by atoms with Crippen LogP contribution in [0, 0.1) is 0 Å². The minimum absolute atomic E-state index is 0.365. The summed E-state index contributed by atoms with van der Waals surface area (Å²) in [5.74, 6) is 0. The zero-order chi connectivity index (χ0) is 14.3. The molecule has 0 aromatic rings. The third-order valence-electron chi connectivity index (χ3n) is 2.99. The van der Waals surface area contributed by atoms with E-state index in [1.807, 2.05) is 7.05 Å². The Labute approximate surface area is 111 Å². The molecule has 112 valence electrons. The second kappa shape index (κ2) is 8.41. The van der Waals surface area contributed by atoms with Crippen LogP contribution in [0.1, 0.15) is 6.42 Å². The molecule has 0 saturated carbocycles. The molecule has 1 heterocycles. The normalized spacial score (nSPS) is 35.1. The van der Waals surface area contributed by atoms with Crippen molar-refractivity contribution in [1.82, 2.24) is 10.6 Å². The van der Waals surface area contributed by atoms with Crippen molar-refractivity contribution in [2.45, 2.75) is 37.1 Å². The second-order valence-corrected chi connectivity index (χ2v) is 4.34. The Bertz CT molecular complexity index is 268. The lowest BCUT2D eigenvalue weighted by Crippen LogP contribution is -2.63. The smallest absolute Gasteiger partial charge is 0.207 e. The Morgan fingerprint density at radius 3 is 2.68 bits per heavy atom. The molecule has 0 aromatic carbocycles. The predicted molar refractivity (Wildman–Crippen MR) is 65.2 cm³/mol. The minimum Gasteiger partial charge on any atom is -0.394 e. The molecule has 5 atom stereocenters. The van der Waals surface area contributed by atoms with Gasteiger partial charge in [0.2, 0.25) is 6.41 Å². The number of carbonyl (C=O) groups excluding carboxylic acids is 1. The average molecular weight is 278 g/mol. The number of aliphatic hydroxyl groups excluding tert-OH is 3. The average Bonchev–Trinajstić information content (AvgIpc) is 2.42. The van der Waals surface area contributed by atoms with Crippen LogP contribution in [0.2, 0.25) is 0 Å². The van der Waals surface area contributed by atoms with Gasteiger partial charge >= 0.3 is 0 Å². The van der Waals surface area contributed by atoms with Gasteiger partial charge in [-0.2, -0.15) is 0 Å². The first-order chi connectivity index (χ1) is 9.15. The third kappa shape index (κ3) is 4.37. The number of ether oxygens (including phenoxy) is 2. The molecule has 0 radical (unpaired) electrons. The summed E-state index contributed by atoms with van der Waals surface area (Å²) in [6.45, 7) is 0.680. The van der Waals surface area contributed by atoms with E-state index >= 15 is 0 Å². The molecule has 5 N–H and O–H groups in total. The lowest BCUT2D eigenvalue weighted by Gasteiger charge is -2.41. The highest BCUT2D eigenvalue weighted by Gasteiger charge is 2.44. The molecule has 0 spiro atoms. The number of amides is 1. The SMILES string of the molecule is CNCCCOC1OC(CO)C(O)C(O)C1NC=O. The Kier molecular flexibility index (Phi) is 7.21. The van der Waals surface area contributed by atoms with Gasteiger partial charge in [0.1, 0.15) is 24.4 Å². The van der Waals surface area contributed by atoms with E-state index in [-0.39, 0.29) is 0 Å². The first-order valence-corrected chi connectivity index (χ1v) is 6.24. The van der Waals surface area contributed by atoms with Gasteiger partial charge < -0.3 is 35.4 Å². The van der Waals surface area contributed by atoms with E-state index in [9.17, 15) is 15.0 Å². The van der Waals surface area contributed by atoms with Crippen LogP contribution < -0.4 is 10.6 Å².